The number of anilines is 1. The van der Waals surface area contributed by atoms with Gasteiger partial charge in [-0.15, -0.1) is 0 Å². The molecule has 8 nitrogen and oxygen atoms in total. The Bertz CT molecular complexity index is 994. The van der Waals surface area contributed by atoms with Crippen molar-refractivity contribution in [3.8, 4) is 17.2 Å². The van der Waals surface area contributed by atoms with E-state index in [0.717, 1.165) is 10.6 Å². The molecule has 1 amide bonds. The van der Waals surface area contributed by atoms with Crippen molar-refractivity contribution in [2.75, 3.05) is 30.8 Å². The van der Waals surface area contributed by atoms with Gasteiger partial charge >= 0.3 is 0 Å². The molecule has 30 heavy (non-hydrogen) atoms. The molecule has 0 saturated carbocycles. The molecule has 2 aromatic carbocycles. The minimum Gasteiger partial charge on any atom is -0.497 e. The molecule has 1 aliphatic rings. The Kier molecular flexibility index (Phi) is 6.71. The molecule has 0 fully saturated rings. The minimum absolute atomic E-state index is 0.194. The first-order chi connectivity index (χ1) is 14.3. The van der Waals surface area contributed by atoms with Crippen molar-refractivity contribution in [2.45, 2.75) is 25.5 Å². The van der Waals surface area contributed by atoms with Crippen molar-refractivity contribution in [1.82, 2.24) is 5.32 Å². The summed E-state index contributed by atoms with van der Waals surface area (Å²) in [6, 6.07) is 13.0. The van der Waals surface area contributed by atoms with Gasteiger partial charge in [0.25, 0.3) is 0 Å². The molecule has 1 N–H and O–H groups in total. The van der Waals surface area contributed by atoms with E-state index in [2.05, 4.69) is 5.32 Å². The Morgan fingerprint density at radius 1 is 1.23 bits per heavy atom. The fraction of sp³-hybridized carbons (Fsp3) is 0.381. The second-order valence-corrected chi connectivity index (χ2v) is 8.79. The van der Waals surface area contributed by atoms with E-state index in [1.54, 1.807) is 37.3 Å². The van der Waals surface area contributed by atoms with Crippen LogP contribution >= 0.6 is 0 Å². The largest absolute Gasteiger partial charge is 0.497 e. The summed E-state index contributed by atoms with van der Waals surface area (Å²) < 4.78 is 42.9. The maximum Gasteiger partial charge on any atom is 0.244 e. The van der Waals surface area contributed by atoms with E-state index in [0.29, 0.717) is 36.0 Å². The number of rotatable bonds is 8. The van der Waals surface area contributed by atoms with Gasteiger partial charge in [-0.05, 0) is 30.7 Å². The number of benzene rings is 2. The number of ether oxygens (including phenoxy) is 3. The highest BCUT2D eigenvalue weighted by molar-refractivity contribution is 7.92. The SMILES string of the molecule is CC[C@H](C(=O)NC[C@H]1COc2ccccc2O1)N(c1cccc(OC)c1)S(C)(=O)=O. The second kappa shape index (κ2) is 9.25. The number of para-hydroxylation sites is 2. The van der Waals surface area contributed by atoms with Gasteiger partial charge in [0, 0.05) is 6.07 Å². The van der Waals surface area contributed by atoms with Crippen LogP contribution in [0.5, 0.6) is 17.2 Å². The highest BCUT2D eigenvalue weighted by Gasteiger charge is 2.32. The highest BCUT2D eigenvalue weighted by Crippen LogP contribution is 2.31. The van der Waals surface area contributed by atoms with Gasteiger partial charge in [0.05, 0.1) is 25.6 Å². The Balaban J connectivity index is 1.73. The molecule has 0 aliphatic carbocycles. The van der Waals surface area contributed by atoms with E-state index in [1.807, 2.05) is 18.2 Å². The van der Waals surface area contributed by atoms with E-state index in [1.165, 1.54) is 7.11 Å². The average Bonchev–Trinajstić information content (AvgIpc) is 2.74. The first-order valence-electron chi connectivity index (χ1n) is 9.63. The summed E-state index contributed by atoms with van der Waals surface area (Å²) >= 11 is 0. The number of sulfonamides is 1. The van der Waals surface area contributed by atoms with Crippen LogP contribution in [0.4, 0.5) is 5.69 Å². The average molecular weight is 435 g/mol. The lowest BCUT2D eigenvalue weighted by molar-refractivity contribution is -0.122. The van der Waals surface area contributed by atoms with Crippen LogP contribution in [0.15, 0.2) is 48.5 Å². The molecule has 0 spiro atoms. The van der Waals surface area contributed by atoms with Crippen LogP contribution < -0.4 is 23.8 Å². The highest BCUT2D eigenvalue weighted by atomic mass is 32.2. The number of amides is 1. The minimum atomic E-state index is -3.72. The number of nitrogens with one attached hydrogen (secondary N) is 1. The van der Waals surface area contributed by atoms with Crippen LogP contribution in [0.2, 0.25) is 0 Å². The third-order valence-electron chi connectivity index (χ3n) is 4.71. The number of hydrogen-bond donors (Lipinski definition) is 1. The van der Waals surface area contributed by atoms with Gasteiger partial charge in [-0.1, -0.05) is 25.1 Å². The van der Waals surface area contributed by atoms with Gasteiger partial charge in [0.15, 0.2) is 11.5 Å². The molecule has 3 rings (SSSR count). The van der Waals surface area contributed by atoms with Crippen molar-refractivity contribution in [3.05, 3.63) is 48.5 Å². The fourth-order valence-corrected chi connectivity index (χ4v) is 4.51. The standard InChI is InChI=1S/C21H26N2O6S/c1-4-18(23(30(3,25)26)15-8-7-9-16(12-15)27-2)21(24)22-13-17-14-28-19-10-5-6-11-20(19)29-17/h5-12,17-18H,4,13-14H2,1-3H3,(H,22,24)/t17-,18+/m0/s1. The molecular formula is C21H26N2O6S. The summed E-state index contributed by atoms with van der Waals surface area (Å²) in [7, 11) is -2.22. The molecule has 1 aliphatic heterocycles. The summed E-state index contributed by atoms with van der Waals surface area (Å²) in [5.41, 5.74) is 0.366. The fourth-order valence-electron chi connectivity index (χ4n) is 3.30. The van der Waals surface area contributed by atoms with Crippen LogP contribution in [0.25, 0.3) is 0 Å². The maximum atomic E-state index is 12.9. The Morgan fingerprint density at radius 2 is 1.97 bits per heavy atom. The molecule has 0 unspecified atom stereocenters. The van der Waals surface area contributed by atoms with E-state index in [9.17, 15) is 13.2 Å². The molecule has 1 heterocycles. The quantitative estimate of drug-likeness (QED) is 0.685. The molecule has 2 atom stereocenters. The zero-order valence-corrected chi connectivity index (χ0v) is 18.0. The molecule has 0 saturated heterocycles. The van der Waals surface area contributed by atoms with Crippen molar-refractivity contribution >= 4 is 21.6 Å². The first-order valence-corrected chi connectivity index (χ1v) is 11.5. The Labute approximate surface area is 176 Å². The Hall–Kier alpha value is -2.94. The summed E-state index contributed by atoms with van der Waals surface area (Å²) in [5, 5.41) is 2.80. The van der Waals surface area contributed by atoms with Crippen molar-refractivity contribution in [1.29, 1.82) is 0 Å². The van der Waals surface area contributed by atoms with Gasteiger partial charge in [-0.3, -0.25) is 9.10 Å². The summed E-state index contributed by atoms with van der Waals surface area (Å²) in [6.07, 6.45) is 1.00. The summed E-state index contributed by atoms with van der Waals surface area (Å²) in [6.45, 7) is 2.25. The number of nitrogens with zero attached hydrogens (tertiary/aromatic N) is 1. The third-order valence-corrected chi connectivity index (χ3v) is 5.89. The van der Waals surface area contributed by atoms with Crippen LogP contribution in [-0.2, 0) is 14.8 Å². The molecule has 0 aromatic heterocycles. The van der Waals surface area contributed by atoms with Gasteiger partial charge in [0.2, 0.25) is 15.9 Å². The predicted octanol–water partition coefficient (Wildman–Crippen LogP) is 2.20. The topological polar surface area (TPSA) is 94.2 Å². The van der Waals surface area contributed by atoms with Crippen LogP contribution in [0.3, 0.4) is 0 Å². The summed E-state index contributed by atoms with van der Waals surface area (Å²) in [4.78, 5) is 12.9. The van der Waals surface area contributed by atoms with Gasteiger partial charge in [-0.2, -0.15) is 0 Å². The number of fused-ring (bicyclic) bond motifs is 1. The summed E-state index contributed by atoms with van der Waals surface area (Å²) in [5.74, 6) is 1.37. The van der Waals surface area contributed by atoms with E-state index < -0.39 is 22.0 Å². The zero-order valence-electron chi connectivity index (χ0n) is 17.2. The van der Waals surface area contributed by atoms with Gasteiger partial charge in [0.1, 0.15) is 24.5 Å². The van der Waals surface area contributed by atoms with Crippen molar-refractivity contribution in [2.24, 2.45) is 0 Å². The zero-order chi connectivity index (χ0) is 21.7. The maximum absolute atomic E-state index is 12.9. The molecule has 2 aromatic rings. The van der Waals surface area contributed by atoms with Crippen molar-refractivity contribution in [3.63, 3.8) is 0 Å². The van der Waals surface area contributed by atoms with Gasteiger partial charge < -0.3 is 19.5 Å². The van der Waals surface area contributed by atoms with E-state index in [-0.39, 0.29) is 12.6 Å². The smallest absolute Gasteiger partial charge is 0.244 e. The van der Waals surface area contributed by atoms with E-state index in [4.69, 9.17) is 14.2 Å². The first kappa shape index (κ1) is 21.8. The molecular weight excluding hydrogens is 408 g/mol. The molecule has 0 radical (unpaired) electrons. The van der Waals surface area contributed by atoms with Crippen LogP contribution in [0.1, 0.15) is 13.3 Å². The van der Waals surface area contributed by atoms with Gasteiger partial charge in [-0.25, -0.2) is 8.42 Å². The molecule has 9 heteroatoms. The number of hydrogen-bond acceptors (Lipinski definition) is 6. The number of methoxy groups -OCH3 is 1. The number of carbonyl (C=O) groups excluding carboxylic acids is 1. The molecule has 0 bridgehead atoms. The van der Waals surface area contributed by atoms with E-state index >= 15 is 0 Å². The molecule has 162 valence electrons. The normalized spacial score (nSPS) is 16.4. The van der Waals surface area contributed by atoms with Crippen molar-refractivity contribution < 1.29 is 27.4 Å². The monoisotopic (exact) mass is 434 g/mol. The Morgan fingerprint density at radius 3 is 2.63 bits per heavy atom. The lowest BCUT2D eigenvalue weighted by Crippen LogP contribution is -2.51. The van der Waals surface area contributed by atoms with Crippen LogP contribution in [-0.4, -0.2) is 53.0 Å². The van der Waals surface area contributed by atoms with Crippen LogP contribution in [0, 0.1) is 0 Å². The third kappa shape index (κ3) is 4.96. The predicted molar refractivity (Wildman–Crippen MR) is 114 cm³/mol. The number of carbonyl (C=O) groups is 1. The second-order valence-electron chi connectivity index (χ2n) is 6.93. The lowest BCUT2D eigenvalue weighted by Gasteiger charge is -2.31. The lowest BCUT2D eigenvalue weighted by atomic mass is 10.1.